The molecular weight excluding hydrogens is 346 g/mol. The summed E-state index contributed by atoms with van der Waals surface area (Å²) in [6, 6.07) is 5.55. The first-order valence-electron chi connectivity index (χ1n) is 6.36. The average molecular weight is 356 g/mol. The van der Waals surface area contributed by atoms with Gasteiger partial charge in [0.15, 0.2) is 11.7 Å². The van der Waals surface area contributed by atoms with Crippen molar-refractivity contribution < 1.29 is 21.6 Å². The van der Waals surface area contributed by atoms with Crippen molar-refractivity contribution in [3.05, 3.63) is 54.1 Å². The molecule has 0 aliphatic carbocycles. The smallest absolute Gasteiger partial charge is 0.271 e. The van der Waals surface area contributed by atoms with Crippen LogP contribution in [0.2, 0.25) is 0 Å². The van der Waals surface area contributed by atoms with E-state index < -0.39 is 21.7 Å². The van der Waals surface area contributed by atoms with Gasteiger partial charge in [0.05, 0.1) is 16.8 Å². The molecule has 0 radical (unpaired) electrons. The molecule has 0 saturated heterocycles. The third kappa shape index (κ3) is 3.25. The summed E-state index contributed by atoms with van der Waals surface area (Å²) in [7, 11) is -3.99. The fourth-order valence-electron chi connectivity index (χ4n) is 1.84. The Balaban J connectivity index is 1.89. The third-order valence-corrected chi connectivity index (χ3v) is 5.84. The Hall–Kier alpha value is -2.26. The number of rotatable bonds is 4. The Bertz CT molecular complexity index is 964. The van der Waals surface area contributed by atoms with E-state index >= 15 is 0 Å². The molecule has 9 heteroatoms. The number of aryl methyl sites for hydroxylation is 1. The van der Waals surface area contributed by atoms with Crippen LogP contribution in [0.15, 0.2) is 45.2 Å². The number of aromatic nitrogens is 1. The monoisotopic (exact) mass is 356 g/mol. The minimum absolute atomic E-state index is 0.0229. The number of thiophene rings is 1. The first-order chi connectivity index (χ1) is 10.8. The summed E-state index contributed by atoms with van der Waals surface area (Å²) in [6.45, 7) is 1.67. The Morgan fingerprint density at radius 1 is 1.22 bits per heavy atom. The van der Waals surface area contributed by atoms with E-state index in [0.717, 1.165) is 23.5 Å². The molecule has 120 valence electrons. The van der Waals surface area contributed by atoms with Gasteiger partial charge in [-0.05, 0) is 24.3 Å². The van der Waals surface area contributed by atoms with Crippen LogP contribution in [0, 0.1) is 18.6 Å². The zero-order chi connectivity index (χ0) is 16.6. The summed E-state index contributed by atoms with van der Waals surface area (Å²) in [4.78, 5) is 4.52. The summed E-state index contributed by atoms with van der Waals surface area (Å²) in [6.07, 6.45) is 1.49. The molecule has 0 amide bonds. The van der Waals surface area contributed by atoms with Crippen LogP contribution >= 0.6 is 11.3 Å². The van der Waals surface area contributed by atoms with Crippen LogP contribution in [-0.2, 0) is 10.0 Å². The van der Waals surface area contributed by atoms with Gasteiger partial charge in [0, 0.05) is 13.0 Å². The van der Waals surface area contributed by atoms with Gasteiger partial charge in [0.25, 0.3) is 10.0 Å². The maximum absolute atomic E-state index is 13.6. The zero-order valence-electron chi connectivity index (χ0n) is 11.7. The highest BCUT2D eigenvalue weighted by Gasteiger charge is 2.20. The van der Waals surface area contributed by atoms with Gasteiger partial charge in [0.2, 0.25) is 0 Å². The van der Waals surface area contributed by atoms with E-state index in [4.69, 9.17) is 4.42 Å². The topological polar surface area (TPSA) is 72.2 Å². The molecule has 0 spiro atoms. The van der Waals surface area contributed by atoms with Gasteiger partial charge in [-0.15, -0.1) is 11.3 Å². The molecule has 2 heterocycles. The van der Waals surface area contributed by atoms with Gasteiger partial charge in [0.1, 0.15) is 15.8 Å². The third-order valence-electron chi connectivity index (χ3n) is 2.89. The molecule has 0 aliphatic heterocycles. The molecule has 3 rings (SSSR count). The van der Waals surface area contributed by atoms with Gasteiger partial charge in [-0.2, -0.15) is 0 Å². The minimum Gasteiger partial charge on any atom is -0.440 e. The summed E-state index contributed by atoms with van der Waals surface area (Å²) in [5.74, 6) is -0.869. The minimum atomic E-state index is -3.99. The van der Waals surface area contributed by atoms with Crippen LogP contribution in [0.4, 0.5) is 14.5 Å². The standard InChI is InChI=1S/C14H10F2N2O3S2/c1-8-17-7-12(21-8)13-4-5-14(22-13)23(19,20)18-11-3-2-9(15)6-10(11)16/h2-7,18H,1H3. The molecule has 0 fully saturated rings. The van der Waals surface area contributed by atoms with E-state index in [1.54, 1.807) is 13.0 Å². The molecule has 0 bridgehead atoms. The summed E-state index contributed by atoms with van der Waals surface area (Å²) >= 11 is 0.954. The lowest BCUT2D eigenvalue weighted by molar-refractivity contribution is 0.535. The molecular formula is C14H10F2N2O3S2. The highest BCUT2D eigenvalue weighted by Crippen LogP contribution is 2.32. The molecule has 5 nitrogen and oxygen atoms in total. The number of hydrogen-bond donors (Lipinski definition) is 1. The predicted molar refractivity (Wildman–Crippen MR) is 81.7 cm³/mol. The maximum atomic E-state index is 13.6. The number of nitrogens with zero attached hydrogens (tertiary/aromatic N) is 1. The van der Waals surface area contributed by atoms with E-state index in [0.29, 0.717) is 22.6 Å². The Labute approximate surface area is 134 Å². The number of halogens is 2. The highest BCUT2D eigenvalue weighted by molar-refractivity contribution is 7.94. The largest absolute Gasteiger partial charge is 0.440 e. The van der Waals surface area contributed by atoms with Crippen molar-refractivity contribution in [3.8, 4) is 10.6 Å². The van der Waals surface area contributed by atoms with Crippen molar-refractivity contribution in [2.24, 2.45) is 0 Å². The van der Waals surface area contributed by atoms with E-state index in [1.165, 1.54) is 12.3 Å². The number of nitrogens with one attached hydrogen (secondary N) is 1. The molecule has 0 saturated carbocycles. The molecule has 0 aliphatic rings. The van der Waals surface area contributed by atoms with Crippen molar-refractivity contribution in [1.82, 2.24) is 4.98 Å². The lowest BCUT2D eigenvalue weighted by atomic mass is 10.3. The van der Waals surface area contributed by atoms with E-state index in [1.807, 2.05) is 0 Å². The van der Waals surface area contributed by atoms with E-state index in [2.05, 4.69) is 9.71 Å². The Morgan fingerprint density at radius 2 is 2.00 bits per heavy atom. The maximum Gasteiger partial charge on any atom is 0.271 e. The predicted octanol–water partition coefficient (Wildman–Crippen LogP) is 3.79. The van der Waals surface area contributed by atoms with Gasteiger partial charge in [-0.25, -0.2) is 22.2 Å². The van der Waals surface area contributed by atoms with Crippen molar-refractivity contribution in [1.29, 1.82) is 0 Å². The highest BCUT2D eigenvalue weighted by atomic mass is 32.2. The summed E-state index contributed by atoms with van der Waals surface area (Å²) in [5.41, 5.74) is -0.322. The normalized spacial score (nSPS) is 11.6. The summed E-state index contributed by atoms with van der Waals surface area (Å²) < 4.78 is 58.4. The quantitative estimate of drug-likeness (QED) is 0.772. The van der Waals surface area contributed by atoms with E-state index in [9.17, 15) is 17.2 Å². The zero-order valence-corrected chi connectivity index (χ0v) is 13.3. The van der Waals surface area contributed by atoms with Crippen molar-refractivity contribution >= 4 is 27.0 Å². The lowest BCUT2D eigenvalue weighted by Gasteiger charge is -2.07. The van der Waals surface area contributed by atoms with Crippen LogP contribution in [-0.4, -0.2) is 13.4 Å². The fourth-order valence-corrected chi connectivity index (χ4v) is 4.16. The molecule has 0 atom stereocenters. The second-order valence-electron chi connectivity index (χ2n) is 4.59. The van der Waals surface area contributed by atoms with Gasteiger partial charge >= 0.3 is 0 Å². The van der Waals surface area contributed by atoms with E-state index in [-0.39, 0.29) is 9.90 Å². The fraction of sp³-hybridized carbons (Fsp3) is 0.0714. The number of sulfonamides is 1. The number of benzene rings is 1. The van der Waals surface area contributed by atoms with Crippen molar-refractivity contribution in [2.75, 3.05) is 4.72 Å². The van der Waals surface area contributed by atoms with Crippen molar-refractivity contribution in [3.63, 3.8) is 0 Å². The molecule has 3 aromatic rings. The Kier molecular flexibility index (Phi) is 3.90. The molecule has 1 aromatic carbocycles. The van der Waals surface area contributed by atoms with Crippen LogP contribution in [0.5, 0.6) is 0 Å². The Morgan fingerprint density at radius 3 is 2.65 bits per heavy atom. The first kappa shape index (κ1) is 15.6. The van der Waals surface area contributed by atoms with Crippen LogP contribution in [0.1, 0.15) is 5.89 Å². The molecule has 23 heavy (non-hydrogen) atoms. The van der Waals surface area contributed by atoms with Crippen LogP contribution < -0.4 is 4.72 Å². The number of oxazole rings is 1. The molecule has 1 N–H and O–H groups in total. The van der Waals surface area contributed by atoms with Crippen LogP contribution in [0.3, 0.4) is 0 Å². The molecule has 2 aromatic heterocycles. The van der Waals surface area contributed by atoms with Crippen LogP contribution in [0.25, 0.3) is 10.6 Å². The van der Waals surface area contributed by atoms with Gasteiger partial charge < -0.3 is 4.42 Å². The SMILES string of the molecule is Cc1ncc(-c2ccc(S(=O)(=O)Nc3ccc(F)cc3F)s2)o1. The average Bonchev–Trinajstić information content (AvgIpc) is 3.10. The number of hydrogen-bond acceptors (Lipinski definition) is 5. The first-order valence-corrected chi connectivity index (χ1v) is 8.65. The lowest BCUT2D eigenvalue weighted by Crippen LogP contribution is -2.12. The molecule has 0 unspecified atom stereocenters. The second-order valence-corrected chi connectivity index (χ2v) is 7.58. The van der Waals surface area contributed by atoms with Gasteiger partial charge in [-0.1, -0.05) is 0 Å². The van der Waals surface area contributed by atoms with Crippen molar-refractivity contribution in [2.45, 2.75) is 11.1 Å². The number of anilines is 1. The van der Waals surface area contributed by atoms with Gasteiger partial charge in [-0.3, -0.25) is 4.72 Å². The second kappa shape index (κ2) is 5.74. The summed E-state index contributed by atoms with van der Waals surface area (Å²) in [5, 5.41) is 0.